The SMILES string of the molecule is CC[C@H](Oc1ccc(N(C)S(C)(=O)=O)cc1)C(=O)N[C@H](C)c1ccccc1C. The Morgan fingerprint density at radius 1 is 1.14 bits per heavy atom. The highest BCUT2D eigenvalue weighted by molar-refractivity contribution is 7.92. The molecule has 0 unspecified atom stereocenters. The summed E-state index contributed by atoms with van der Waals surface area (Å²) in [4.78, 5) is 12.7. The second kappa shape index (κ2) is 9.10. The monoisotopic (exact) mass is 404 g/mol. The van der Waals surface area contributed by atoms with Gasteiger partial charge in [0.1, 0.15) is 5.75 Å². The van der Waals surface area contributed by atoms with Crippen LogP contribution in [0.4, 0.5) is 5.69 Å². The summed E-state index contributed by atoms with van der Waals surface area (Å²) in [6.07, 6.45) is 1.02. The molecule has 0 fully saturated rings. The standard InChI is InChI=1S/C21H28N2O4S/c1-6-20(21(24)22-16(3)19-10-8-7-9-15(19)2)27-18-13-11-17(12-14-18)23(4)28(5,25)26/h7-14,16,20H,6H2,1-5H3,(H,22,24)/t16-,20+/m1/s1. The van der Waals surface area contributed by atoms with Crippen LogP contribution >= 0.6 is 0 Å². The summed E-state index contributed by atoms with van der Waals surface area (Å²) in [5, 5.41) is 3.01. The van der Waals surface area contributed by atoms with E-state index < -0.39 is 16.1 Å². The van der Waals surface area contributed by atoms with Gasteiger partial charge >= 0.3 is 0 Å². The second-order valence-electron chi connectivity index (χ2n) is 6.83. The van der Waals surface area contributed by atoms with Crippen molar-refractivity contribution in [1.82, 2.24) is 5.32 Å². The number of hydrogen-bond acceptors (Lipinski definition) is 4. The molecule has 0 aliphatic heterocycles. The van der Waals surface area contributed by atoms with Crippen molar-refractivity contribution in [3.8, 4) is 5.75 Å². The molecular formula is C21H28N2O4S. The van der Waals surface area contributed by atoms with Gasteiger partial charge in [0.2, 0.25) is 10.0 Å². The molecule has 2 rings (SSSR count). The van der Waals surface area contributed by atoms with Gasteiger partial charge < -0.3 is 10.1 Å². The molecule has 6 nitrogen and oxygen atoms in total. The Kier molecular flexibility index (Phi) is 7.07. The number of nitrogens with zero attached hydrogens (tertiary/aromatic N) is 1. The summed E-state index contributed by atoms with van der Waals surface area (Å²) < 4.78 is 30.2. The van der Waals surface area contributed by atoms with Gasteiger partial charge in [-0.05, 0) is 55.7 Å². The summed E-state index contributed by atoms with van der Waals surface area (Å²) in [5.41, 5.74) is 2.72. The molecule has 0 bridgehead atoms. The van der Waals surface area contributed by atoms with Gasteiger partial charge in [0.15, 0.2) is 6.10 Å². The Morgan fingerprint density at radius 3 is 2.29 bits per heavy atom. The Labute approximate surface area is 167 Å². The van der Waals surface area contributed by atoms with Gasteiger partial charge in [0.25, 0.3) is 5.91 Å². The van der Waals surface area contributed by atoms with Crippen molar-refractivity contribution < 1.29 is 17.9 Å². The van der Waals surface area contributed by atoms with Crippen LogP contribution in [0.5, 0.6) is 5.75 Å². The van der Waals surface area contributed by atoms with Crippen molar-refractivity contribution in [2.75, 3.05) is 17.6 Å². The molecule has 2 aromatic rings. The number of carbonyl (C=O) groups excluding carboxylic acids is 1. The smallest absolute Gasteiger partial charge is 0.261 e. The zero-order valence-electron chi connectivity index (χ0n) is 17.0. The van der Waals surface area contributed by atoms with E-state index in [-0.39, 0.29) is 11.9 Å². The van der Waals surface area contributed by atoms with E-state index in [0.717, 1.165) is 17.4 Å². The maximum Gasteiger partial charge on any atom is 0.261 e. The normalized spacial score (nSPS) is 13.5. The van der Waals surface area contributed by atoms with E-state index in [1.807, 2.05) is 45.0 Å². The maximum absolute atomic E-state index is 12.7. The van der Waals surface area contributed by atoms with E-state index in [4.69, 9.17) is 4.74 Å². The van der Waals surface area contributed by atoms with Crippen LogP contribution in [0.3, 0.4) is 0 Å². The van der Waals surface area contributed by atoms with Crippen LogP contribution in [0.15, 0.2) is 48.5 Å². The van der Waals surface area contributed by atoms with Gasteiger partial charge in [-0.2, -0.15) is 0 Å². The number of amides is 1. The first-order valence-corrected chi connectivity index (χ1v) is 11.0. The minimum Gasteiger partial charge on any atom is -0.481 e. The Bertz CT molecular complexity index is 910. The topological polar surface area (TPSA) is 75.7 Å². The number of anilines is 1. The van der Waals surface area contributed by atoms with Crippen molar-refractivity contribution in [2.24, 2.45) is 0 Å². The predicted octanol–water partition coefficient (Wildman–Crippen LogP) is 3.43. The summed E-state index contributed by atoms with van der Waals surface area (Å²) in [6.45, 7) is 5.85. The molecule has 2 aromatic carbocycles. The summed E-state index contributed by atoms with van der Waals surface area (Å²) >= 11 is 0. The fourth-order valence-electron chi connectivity index (χ4n) is 2.87. The van der Waals surface area contributed by atoms with Gasteiger partial charge in [0, 0.05) is 7.05 Å². The molecule has 0 aromatic heterocycles. The first-order valence-electron chi connectivity index (χ1n) is 9.20. The van der Waals surface area contributed by atoms with E-state index >= 15 is 0 Å². The Morgan fingerprint density at radius 2 is 1.75 bits per heavy atom. The lowest BCUT2D eigenvalue weighted by atomic mass is 10.0. The molecule has 28 heavy (non-hydrogen) atoms. The van der Waals surface area contributed by atoms with E-state index in [1.54, 1.807) is 24.3 Å². The maximum atomic E-state index is 12.7. The molecule has 152 valence electrons. The number of hydrogen-bond donors (Lipinski definition) is 1. The number of aryl methyl sites for hydroxylation is 1. The lowest BCUT2D eigenvalue weighted by Crippen LogP contribution is -2.39. The minimum absolute atomic E-state index is 0.128. The third kappa shape index (κ3) is 5.48. The van der Waals surface area contributed by atoms with Gasteiger partial charge in [-0.15, -0.1) is 0 Å². The van der Waals surface area contributed by atoms with E-state index in [1.165, 1.54) is 11.4 Å². The summed E-state index contributed by atoms with van der Waals surface area (Å²) in [7, 11) is -1.84. The molecule has 7 heteroatoms. The predicted molar refractivity (Wildman–Crippen MR) is 112 cm³/mol. The fraction of sp³-hybridized carbons (Fsp3) is 0.381. The molecule has 0 aliphatic rings. The lowest BCUT2D eigenvalue weighted by Gasteiger charge is -2.22. The third-order valence-corrected chi connectivity index (χ3v) is 5.86. The van der Waals surface area contributed by atoms with Crippen LogP contribution in [0, 0.1) is 6.92 Å². The second-order valence-corrected chi connectivity index (χ2v) is 8.84. The van der Waals surface area contributed by atoms with Crippen LogP contribution < -0.4 is 14.4 Å². The highest BCUT2D eigenvalue weighted by Gasteiger charge is 2.21. The fourth-order valence-corrected chi connectivity index (χ4v) is 3.37. The molecule has 0 radical (unpaired) electrons. The summed E-state index contributed by atoms with van der Waals surface area (Å²) in [5.74, 6) is 0.326. The molecule has 0 saturated carbocycles. The number of rotatable bonds is 8. The molecular weight excluding hydrogens is 376 g/mol. The highest BCUT2D eigenvalue weighted by Crippen LogP contribution is 2.22. The van der Waals surface area contributed by atoms with Crippen molar-refractivity contribution in [3.63, 3.8) is 0 Å². The van der Waals surface area contributed by atoms with Gasteiger partial charge in [-0.1, -0.05) is 31.2 Å². The van der Waals surface area contributed by atoms with Crippen molar-refractivity contribution >= 4 is 21.6 Å². The molecule has 2 atom stereocenters. The van der Waals surface area contributed by atoms with Crippen LogP contribution in [-0.2, 0) is 14.8 Å². The average Bonchev–Trinajstić information content (AvgIpc) is 2.65. The zero-order chi connectivity index (χ0) is 20.9. The van der Waals surface area contributed by atoms with E-state index in [2.05, 4.69) is 5.32 Å². The number of benzene rings is 2. The minimum atomic E-state index is -3.32. The number of carbonyl (C=O) groups is 1. The van der Waals surface area contributed by atoms with E-state index in [0.29, 0.717) is 17.9 Å². The van der Waals surface area contributed by atoms with Crippen LogP contribution in [0.1, 0.15) is 37.4 Å². The number of ether oxygens (including phenoxy) is 1. The third-order valence-electron chi connectivity index (χ3n) is 4.65. The number of nitrogens with one attached hydrogen (secondary N) is 1. The Hall–Kier alpha value is -2.54. The molecule has 1 amide bonds. The summed E-state index contributed by atoms with van der Waals surface area (Å²) in [6, 6.07) is 14.4. The quantitative estimate of drug-likeness (QED) is 0.731. The lowest BCUT2D eigenvalue weighted by molar-refractivity contribution is -0.128. The molecule has 0 spiro atoms. The first-order chi connectivity index (χ1) is 13.1. The van der Waals surface area contributed by atoms with Crippen molar-refractivity contribution in [3.05, 3.63) is 59.7 Å². The highest BCUT2D eigenvalue weighted by atomic mass is 32.2. The zero-order valence-corrected chi connectivity index (χ0v) is 17.8. The first kappa shape index (κ1) is 21.8. The molecule has 0 saturated heterocycles. The van der Waals surface area contributed by atoms with Crippen LogP contribution in [0.25, 0.3) is 0 Å². The molecule has 0 aliphatic carbocycles. The van der Waals surface area contributed by atoms with Gasteiger partial charge in [-0.3, -0.25) is 9.10 Å². The van der Waals surface area contributed by atoms with Crippen molar-refractivity contribution in [2.45, 2.75) is 39.3 Å². The van der Waals surface area contributed by atoms with Crippen LogP contribution in [-0.4, -0.2) is 33.7 Å². The van der Waals surface area contributed by atoms with E-state index in [9.17, 15) is 13.2 Å². The van der Waals surface area contributed by atoms with Crippen LogP contribution in [0.2, 0.25) is 0 Å². The van der Waals surface area contributed by atoms with Gasteiger partial charge in [-0.25, -0.2) is 8.42 Å². The molecule has 0 heterocycles. The van der Waals surface area contributed by atoms with Gasteiger partial charge in [0.05, 0.1) is 18.0 Å². The average molecular weight is 405 g/mol. The number of sulfonamides is 1. The van der Waals surface area contributed by atoms with Crippen molar-refractivity contribution in [1.29, 1.82) is 0 Å². The largest absolute Gasteiger partial charge is 0.481 e. The Balaban J connectivity index is 2.05. The molecule has 1 N–H and O–H groups in total.